The number of benzene rings is 12. The summed E-state index contributed by atoms with van der Waals surface area (Å²) in [5.41, 5.74) is 14.7. The average Bonchev–Trinajstić information content (AvgIpc) is 3.77. The van der Waals surface area contributed by atoms with Crippen molar-refractivity contribution in [1.82, 2.24) is 0 Å². The minimum Gasteiger partial charge on any atom is -0.456 e. The van der Waals surface area contributed by atoms with E-state index >= 15 is 0 Å². The van der Waals surface area contributed by atoms with Crippen molar-refractivity contribution >= 4 is 82.1 Å². The van der Waals surface area contributed by atoms with E-state index in [0.717, 1.165) is 44.6 Å². The molecular formula is C64H41NO. The molecule has 0 aliphatic heterocycles. The fourth-order valence-corrected chi connectivity index (χ4v) is 10.2. The summed E-state index contributed by atoms with van der Waals surface area (Å²) in [6, 6.07) is 90.5. The lowest BCUT2D eigenvalue weighted by Gasteiger charge is -2.28. The molecule has 0 atom stereocenters. The van der Waals surface area contributed by atoms with E-state index in [2.05, 4.69) is 241 Å². The summed E-state index contributed by atoms with van der Waals surface area (Å²) >= 11 is 0. The van der Waals surface area contributed by atoms with Crippen LogP contribution in [0.5, 0.6) is 0 Å². The number of hydrogen-bond acceptors (Lipinski definition) is 2. The molecule has 0 aliphatic rings. The summed E-state index contributed by atoms with van der Waals surface area (Å²) in [7, 11) is 0. The normalized spacial score (nSPS) is 11.6. The lowest BCUT2D eigenvalue weighted by atomic mass is 9.89. The van der Waals surface area contributed by atoms with Gasteiger partial charge in [-0.15, -0.1) is 0 Å². The highest BCUT2D eigenvalue weighted by molar-refractivity contribution is 6.15. The van der Waals surface area contributed by atoms with Gasteiger partial charge in [-0.1, -0.05) is 194 Å². The fraction of sp³-hybridized carbons (Fsp3) is 0. The van der Waals surface area contributed by atoms with Crippen LogP contribution in [-0.4, -0.2) is 0 Å². The lowest BCUT2D eigenvalue weighted by molar-refractivity contribution is 0.669. The number of para-hydroxylation sites is 1. The third-order valence-corrected chi connectivity index (χ3v) is 13.4. The quantitative estimate of drug-likeness (QED) is 0.149. The van der Waals surface area contributed by atoms with Crippen LogP contribution in [0.1, 0.15) is 0 Å². The molecule has 308 valence electrons. The van der Waals surface area contributed by atoms with Gasteiger partial charge in [0, 0.05) is 27.5 Å². The first-order chi connectivity index (χ1) is 32.7. The van der Waals surface area contributed by atoms with Crippen LogP contribution in [0.4, 0.5) is 17.1 Å². The fourth-order valence-electron chi connectivity index (χ4n) is 10.2. The van der Waals surface area contributed by atoms with Gasteiger partial charge in [0.1, 0.15) is 11.2 Å². The maximum absolute atomic E-state index is 6.11. The summed E-state index contributed by atoms with van der Waals surface area (Å²) in [5, 5.41) is 12.1. The summed E-state index contributed by atoms with van der Waals surface area (Å²) in [6.07, 6.45) is 0. The number of furan rings is 1. The number of rotatable bonds is 7. The minimum absolute atomic E-state index is 0.911. The predicted octanol–water partition coefficient (Wildman–Crippen LogP) is 18.3. The summed E-state index contributed by atoms with van der Waals surface area (Å²) in [5.74, 6) is 0. The van der Waals surface area contributed by atoms with E-state index in [4.69, 9.17) is 4.42 Å². The maximum Gasteiger partial charge on any atom is 0.135 e. The van der Waals surface area contributed by atoms with E-state index in [1.165, 1.54) is 82.0 Å². The molecule has 0 aliphatic carbocycles. The highest BCUT2D eigenvalue weighted by Gasteiger charge is 2.19. The van der Waals surface area contributed by atoms with Gasteiger partial charge in [-0.05, 0) is 137 Å². The predicted molar refractivity (Wildman–Crippen MR) is 280 cm³/mol. The van der Waals surface area contributed by atoms with E-state index < -0.39 is 0 Å². The topological polar surface area (TPSA) is 16.4 Å². The first-order valence-electron chi connectivity index (χ1n) is 22.6. The molecule has 0 unspecified atom stereocenters. The molecule has 0 amide bonds. The molecular weight excluding hydrogens is 799 g/mol. The van der Waals surface area contributed by atoms with Crippen LogP contribution in [0.25, 0.3) is 110 Å². The molecule has 0 N–H and O–H groups in total. The lowest BCUT2D eigenvalue weighted by Crippen LogP contribution is -2.10. The monoisotopic (exact) mass is 839 g/mol. The smallest absolute Gasteiger partial charge is 0.135 e. The van der Waals surface area contributed by atoms with Gasteiger partial charge in [-0.25, -0.2) is 0 Å². The molecule has 12 aromatic carbocycles. The van der Waals surface area contributed by atoms with Crippen LogP contribution in [0.2, 0.25) is 0 Å². The second-order valence-electron chi connectivity index (χ2n) is 17.2. The van der Waals surface area contributed by atoms with E-state index in [-0.39, 0.29) is 0 Å². The van der Waals surface area contributed by atoms with Crippen molar-refractivity contribution in [3.8, 4) is 44.5 Å². The third-order valence-electron chi connectivity index (χ3n) is 13.4. The van der Waals surface area contributed by atoms with Crippen molar-refractivity contribution in [2.75, 3.05) is 4.90 Å². The Kier molecular flexibility index (Phi) is 8.89. The minimum atomic E-state index is 0.911. The van der Waals surface area contributed by atoms with Crippen LogP contribution < -0.4 is 4.90 Å². The number of hydrogen-bond donors (Lipinski definition) is 0. The number of nitrogens with zero attached hydrogens (tertiary/aromatic N) is 1. The van der Waals surface area contributed by atoms with Crippen molar-refractivity contribution in [3.05, 3.63) is 249 Å². The molecule has 2 nitrogen and oxygen atoms in total. The first kappa shape index (κ1) is 37.8. The van der Waals surface area contributed by atoms with E-state index in [1.807, 2.05) is 12.1 Å². The molecule has 0 fully saturated rings. The van der Waals surface area contributed by atoms with Gasteiger partial charge in [0.05, 0.1) is 5.69 Å². The Morgan fingerprint density at radius 2 is 0.758 bits per heavy atom. The Morgan fingerprint density at radius 1 is 0.258 bits per heavy atom. The van der Waals surface area contributed by atoms with E-state index in [0.29, 0.717) is 0 Å². The molecule has 13 aromatic rings. The Hall–Kier alpha value is -8.72. The highest BCUT2D eigenvalue weighted by Crippen LogP contribution is 2.45. The van der Waals surface area contributed by atoms with Crippen molar-refractivity contribution in [2.45, 2.75) is 0 Å². The molecule has 1 aromatic heterocycles. The highest BCUT2D eigenvalue weighted by atomic mass is 16.3. The third kappa shape index (κ3) is 6.42. The van der Waals surface area contributed by atoms with Crippen LogP contribution in [0.3, 0.4) is 0 Å². The molecule has 66 heavy (non-hydrogen) atoms. The molecule has 2 heteroatoms. The summed E-state index contributed by atoms with van der Waals surface area (Å²) < 4.78 is 6.11. The standard InChI is InChI=1S/C64H41NO/c1-2-13-48-39-51(26-25-42(48)11-1)56-37-31-46-12-3-6-16-55(46)64(56)47-29-35-53(36-30-47)65(61-41-50-14-4-5-15-54(50)57-17-7-8-18-58(57)61)52-33-27-44(28-34-52)43-21-23-45(24-22-43)49-32-38-63-60(40-49)59-19-9-10-20-62(59)66-63/h1-41H. The van der Waals surface area contributed by atoms with Gasteiger partial charge in [0.15, 0.2) is 0 Å². The Morgan fingerprint density at radius 3 is 1.50 bits per heavy atom. The van der Waals surface area contributed by atoms with Crippen molar-refractivity contribution in [1.29, 1.82) is 0 Å². The second-order valence-corrected chi connectivity index (χ2v) is 17.2. The van der Waals surface area contributed by atoms with Crippen molar-refractivity contribution in [3.63, 3.8) is 0 Å². The molecule has 0 radical (unpaired) electrons. The molecule has 1 heterocycles. The Balaban J connectivity index is 0.908. The molecule has 0 spiro atoms. The Labute approximate surface area is 382 Å². The van der Waals surface area contributed by atoms with Gasteiger partial charge in [-0.3, -0.25) is 0 Å². The first-order valence-corrected chi connectivity index (χ1v) is 22.6. The van der Waals surface area contributed by atoms with Gasteiger partial charge in [-0.2, -0.15) is 0 Å². The zero-order valence-corrected chi connectivity index (χ0v) is 36.0. The number of fused-ring (bicyclic) bond motifs is 8. The zero-order chi connectivity index (χ0) is 43.6. The van der Waals surface area contributed by atoms with Gasteiger partial charge < -0.3 is 9.32 Å². The van der Waals surface area contributed by atoms with Gasteiger partial charge in [0.2, 0.25) is 0 Å². The van der Waals surface area contributed by atoms with Crippen molar-refractivity contribution in [2.24, 2.45) is 0 Å². The van der Waals surface area contributed by atoms with E-state index in [1.54, 1.807) is 0 Å². The van der Waals surface area contributed by atoms with Gasteiger partial charge >= 0.3 is 0 Å². The summed E-state index contributed by atoms with van der Waals surface area (Å²) in [6.45, 7) is 0. The van der Waals surface area contributed by atoms with Crippen LogP contribution in [-0.2, 0) is 0 Å². The second kappa shape index (κ2) is 15.5. The van der Waals surface area contributed by atoms with Crippen molar-refractivity contribution < 1.29 is 4.42 Å². The largest absolute Gasteiger partial charge is 0.456 e. The van der Waals surface area contributed by atoms with Crippen LogP contribution in [0.15, 0.2) is 253 Å². The maximum atomic E-state index is 6.11. The Bertz CT molecular complexity index is 3970. The van der Waals surface area contributed by atoms with E-state index in [9.17, 15) is 0 Å². The molecule has 0 saturated carbocycles. The average molecular weight is 840 g/mol. The van der Waals surface area contributed by atoms with Crippen LogP contribution in [0, 0.1) is 0 Å². The zero-order valence-electron chi connectivity index (χ0n) is 36.0. The van der Waals surface area contributed by atoms with Gasteiger partial charge in [0.25, 0.3) is 0 Å². The van der Waals surface area contributed by atoms with Crippen LogP contribution >= 0.6 is 0 Å². The summed E-state index contributed by atoms with van der Waals surface area (Å²) in [4.78, 5) is 2.43. The molecule has 0 saturated heterocycles. The number of anilines is 3. The molecule has 13 rings (SSSR count). The SMILES string of the molecule is c1ccc2cc(-c3ccc4ccccc4c3-c3ccc(N(c4ccc(-c5ccc(-c6ccc7oc8ccccc8c7c6)cc5)cc4)c4cc5ccccc5c5ccccc45)cc3)ccc2c1. The molecule has 0 bridgehead atoms.